The van der Waals surface area contributed by atoms with Crippen molar-refractivity contribution in [1.82, 2.24) is 0 Å². The molecule has 11 heavy (non-hydrogen) atoms. The van der Waals surface area contributed by atoms with E-state index in [2.05, 4.69) is 0 Å². The summed E-state index contributed by atoms with van der Waals surface area (Å²) in [5, 5.41) is 18.5. The standard InChI is InChI=1S/C7H8NO3/c1-11-7-4-2-6(3-5-7)8(9)10/h2-5,9H,1H3/q-1. The van der Waals surface area contributed by atoms with Crippen molar-refractivity contribution >= 4 is 5.69 Å². The van der Waals surface area contributed by atoms with Gasteiger partial charge in [0.05, 0.1) is 12.8 Å². The molecule has 0 heterocycles. The fraction of sp³-hybridized carbons (Fsp3) is 0.143. The summed E-state index contributed by atoms with van der Waals surface area (Å²) in [6.07, 6.45) is 0. The van der Waals surface area contributed by atoms with Crippen LogP contribution in [0.25, 0.3) is 0 Å². The molecule has 1 aromatic rings. The zero-order chi connectivity index (χ0) is 8.27. The van der Waals surface area contributed by atoms with Gasteiger partial charge in [0.25, 0.3) is 0 Å². The summed E-state index contributed by atoms with van der Waals surface area (Å²) in [6, 6.07) is 6.12. The highest BCUT2D eigenvalue weighted by molar-refractivity contribution is 5.46. The largest absolute Gasteiger partial charge is 0.733 e. The molecule has 0 saturated carbocycles. The minimum Gasteiger partial charge on any atom is -0.733 e. The Kier molecular flexibility index (Phi) is 2.30. The van der Waals surface area contributed by atoms with E-state index in [1.54, 1.807) is 12.1 Å². The minimum atomic E-state index is -0.195. The van der Waals surface area contributed by atoms with Crippen LogP contribution in [0.4, 0.5) is 5.69 Å². The molecule has 0 spiro atoms. The van der Waals surface area contributed by atoms with Crippen LogP contribution >= 0.6 is 0 Å². The fourth-order valence-electron chi connectivity index (χ4n) is 0.710. The zero-order valence-electron chi connectivity index (χ0n) is 6.02. The van der Waals surface area contributed by atoms with Crippen molar-refractivity contribution in [2.75, 3.05) is 12.3 Å². The first-order valence-electron chi connectivity index (χ1n) is 3.04. The Morgan fingerprint density at radius 1 is 1.36 bits per heavy atom. The summed E-state index contributed by atoms with van der Waals surface area (Å²) in [7, 11) is 1.53. The Bertz CT molecular complexity index is 220. The molecule has 1 N–H and O–H groups in total. The monoisotopic (exact) mass is 154 g/mol. The number of anilines is 1. The van der Waals surface area contributed by atoms with Crippen LogP contribution in [0.2, 0.25) is 0 Å². The van der Waals surface area contributed by atoms with Crippen LogP contribution in [-0.2, 0) is 0 Å². The third-order valence-corrected chi connectivity index (χ3v) is 1.29. The average Bonchev–Trinajstić information content (AvgIpc) is 2.05. The molecule has 60 valence electrons. The van der Waals surface area contributed by atoms with Crippen LogP contribution in [0.5, 0.6) is 5.75 Å². The van der Waals surface area contributed by atoms with Crippen LogP contribution < -0.4 is 9.96 Å². The van der Waals surface area contributed by atoms with Gasteiger partial charge in [-0.1, -0.05) is 0 Å². The number of benzene rings is 1. The normalized spacial score (nSPS) is 9.36. The Morgan fingerprint density at radius 2 is 1.91 bits per heavy atom. The van der Waals surface area contributed by atoms with Crippen molar-refractivity contribution in [2.24, 2.45) is 0 Å². The SMILES string of the molecule is COc1ccc(N([O-])O)cc1. The predicted molar refractivity (Wildman–Crippen MR) is 40.6 cm³/mol. The molecule has 0 radical (unpaired) electrons. The molecule has 0 aliphatic carbocycles. The van der Waals surface area contributed by atoms with Crippen molar-refractivity contribution in [3.8, 4) is 5.75 Å². The number of ether oxygens (including phenoxy) is 1. The summed E-state index contributed by atoms with van der Waals surface area (Å²) < 4.78 is 4.85. The van der Waals surface area contributed by atoms with E-state index in [1.807, 2.05) is 0 Å². The molecule has 0 atom stereocenters. The Labute approximate surface area is 64.2 Å². The van der Waals surface area contributed by atoms with E-state index in [9.17, 15) is 5.21 Å². The number of rotatable bonds is 2. The lowest BCUT2D eigenvalue weighted by Crippen LogP contribution is -2.06. The van der Waals surface area contributed by atoms with Crippen molar-refractivity contribution in [3.05, 3.63) is 29.5 Å². The molecule has 4 heteroatoms. The van der Waals surface area contributed by atoms with E-state index < -0.39 is 0 Å². The van der Waals surface area contributed by atoms with E-state index in [1.165, 1.54) is 19.2 Å². The minimum absolute atomic E-state index is 0.186. The summed E-state index contributed by atoms with van der Waals surface area (Å²) >= 11 is 0. The second-order valence-corrected chi connectivity index (χ2v) is 1.97. The number of hydrogen-bond acceptors (Lipinski definition) is 4. The Morgan fingerprint density at radius 3 is 2.27 bits per heavy atom. The van der Waals surface area contributed by atoms with Gasteiger partial charge in [-0.15, -0.1) is 0 Å². The third kappa shape index (κ3) is 1.83. The topological polar surface area (TPSA) is 55.8 Å². The van der Waals surface area contributed by atoms with Gasteiger partial charge in [-0.05, 0) is 24.3 Å². The lowest BCUT2D eigenvalue weighted by Gasteiger charge is -2.21. The Balaban J connectivity index is 2.83. The van der Waals surface area contributed by atoms with Crippen molar-refractivity contribution in [2.45, 2.75) is 0 Å². The molecule has 1 aromatic carbocycles. The van der Waals surface area contributed by atoms with Crippen LogP contribution in [0.3, 0.4) is 0 Å². The van der Waals surface area contributed by atoms with Gasteiger partial charge >= 0.3 is 0 Å². The van der Waals surface area contributed by atoms with Gasteiger partial charge in [0.15, 0.2) is 0 Å². The fourth-order valence-corrected chi connectivity index (χ4v) is 0.710. The molecular weight excluding hydrogens is 146 g/mol. The molecular formula is C7H8NO3-. The molecule has 0 unspecified atom stereocenters. The maximum absolute atomic E-state index is 10.3. The maximum Gasteiger partial charge on any atom is 0.119 e. The molecule has 0 amide bonds. The van der Waals surface area contributed by atoms with E-state index in [0.29, 0.717) is 5.75 Å². The van der Waals surface area contributed by atoms with E-state index >= 15 is 0 Å². The van der Waals surface area contributed by atoms with Crippen LogP contribution in [-0.4, -0.2) is 12.3 Å². The second-order valence-electron chi connectivity index (χ2n) is 1.97. The van der Waals surface area contributed by atoms with Gasteiger partial charge in [-0.3, -0.25) is 5.21 Å². The van der Waals surface area contributed by atoms with Crippen molar-refractivity contribution in [1.29, 1.82) is 0 Å². The van der Waals surface area contributed by atoms with Gasteiger partial charge in [0, 0.05) is 0 Å². The molecule has 0 saturated heterocycles. The van der Waals surface area contributed by atoms with Crippen LogP contribution in [0.1, 0.15) is 0 Å². The molecule has 0 aliphatic heterocycles. The summed E-state index contributed by atoms with van der Waals surface area (Å²) in [5.74, 6) is 0.649. The molecule has 0 aromatic heterocycles. The first kappa shape index (κ1) is 7.84. The number of nitrogens with zero attached hydrogens (tertiary/aromatic N) is 1. The van der Waals surface area contributed by atoms with Gasteiger partial charge in [-0.2, -0.15) is 0 Å². The summed E-state index contributed by atoms with van der Waals surface area (Å²) in [5.41, 5.74) is 0.186. The van der Waals surface area contributed by atoms with E-state index in [-0.39, 0.29) is 10.9 Å². The lowest BCUT2D eigenvalue weighted by molar-refractivity contribution is 0.296. The zero-order valence-corrected chi connectivity index (χ0v) is 6.02. The van der Waals surface area contributed by atoms with Gasteiger partial charge in [-0.25, -0.2) is 0 Å². The molecule has 4 nitrogen and oxygen atoms in total. The summed E-state index contributed by atoms with van der Waals surface area (Å²) in [4.78, 5) is 0. The maximum atomic E-state index is 10.3. The highest BCUT2D eigenvalue weighted by Crippen LogP contribution is 2.16. The summed E-state index contributed by atoms with van der Waals surface area (Å²) in [6.45, 7) is 0. The second kappa shape index (κ2) is 3.23. The quantitative estimate of drug-likeness (QED) is 0.654. The Hall–Kier alpha value is -1.26. The van der Waals surface area contributed by atoms with Crippen LogP contribution in [0.15, 0.2) is 24.3 Å². The average molecular weight is 154 g/mol. The molecule has 0 fully saturated rings. The first-order chi connectivity index (χ1) is 5.24. The highest BCUT2D eigenvalue weighted by atomic mass is 16.8. The highest BCUT2D eigenvalue weighted by Gasteiger charge is 1.91. The molecule has 1 rings (SSSR count). The lowest BCUT2D eigenvalue weighted by atomic mass is 10.3. The first-order valence-corrected chi connectivity index (χ1v) is 3.04. The molecule has 0 bridgehead atoms. The van der Waals surface area contributed by atoms with E-state index in [4.69, 9.17) is 9.94 Å². The number of hydrogen-bond donors (Lipinski definition) is 1. The van der Waals surface area contributed by atoms with Gasteiger partial charge in [0.2, 0.25) is 0 Å². The van der Waals surface area contributed by atoms with E-state index in [0.717, 1.165) is 0 Å². The van der Waals surface area contributed by atoms with Crippen LogP contribution in [0, 0.1) is 5.21 Å². The number of methoxy groups -OCH3 is 1. The third-order valence-electron chi connectivity index (χ3n) is 1.29. The van der Waals surface area contributed by atoms with Gasteiger partial charge < -0.3 is 15.2 Å². The molecule has 0 aliphatic rings. The smallest absolute Gasteiger partial charge is 0.119 e. The van der Waals surface area contributed by atoms with Crippen molar-refractivity contribution in [3.63, 3.8) is 0 Å². The van der Waals surface area contributed by atoms with Gasteiger partial charge in [0.1, 0.15) is 5.75 Å². The van der Waals surface area contributed by atoms with Crippen molar-refractivity contribution < 1.29 is 9.94 Å². The predicted octanol–water partition coefficient (Wildman–Crippen LogP) is 1.39.